The first-order chi connectivity index (χ1) is 8.99. The molecule has 20 heavy (non-hydrogen) atoms. The number of rotatable bonds is 5. The van der Waals surface area contributed by atoms with Crippen molar-refractivity contribution in [2.24, 2.45) is 16.5 Å². The van der Waals surface area contributed by atoms with E-state index in [1.807, 2.05) is 20.8 Å². The SMILES string of the molecule is CC(C)(C)C(COc1ccc(Br)cc1F)CS(N)(=O)=O. The monoisotopic (exact) mass is 367 g/mol. The minimum absolute atomic E-state index is 0.0818. The molecule has 2 N–H and O–H groups in total. The standard InChI is InChI=1S/C13H19BrFNO3S/c1-13(2,3)9(8-20(16,17)18)7-19-12-5-4-10(14)6-11(12)15/h4-6,9H,7-8H2,1-3H3,(H2,16,17,18). The Bertz CT molecular complexity index is 569. The Morgan fingerprint density at radius 1 is 1.40 bits per heavy atom. The molecule has 0 aromatic heterocycles. The Balaban J connectivity index is 2.81. The van der Waals surface area contributed by atoms with Gasteiger partial charge in [0.15, 0.2) is 11.6 Å². The lowest BCUT2D eigenvalue weighted by Crippen LogP contribution is -2.35. The van der Waals surface area contributed by atoms with Gasteiger partial charge in [-0.05, 0) is 23.6 Å². The second-order valence-corrected chi connectivity index (χ2v) is 8.35. The van der Waals surface area contributed by atoms with Crippen molar-refractivity contribution in [2.45, 2.75) is 20.8 Å². The van der Waals surface area contributed by atoms with Gasteiger partial charge in [-0.2, -0.15) is 0 Å². The molecule has 0 saturated carbocycles. The average molecular weight is 368 g/mol. The van der Waals surface area contributed by atoms with E-state index >= 15 is 0 Å². The topological polar surface area (TPSA) is 69.4 Å². The smallest absolute Gasteiger partial charge is 0.209 e. The lowest BCUT2D eigenvalue weighted by atomic mass is 9.82. The van der Waals surface area contributed by atoms with Gasteiger partial charge in [-0.15, -0.1) is 0 Å². The summed E-state index contributed by atoms with van der Waals surface area (Å²) in [4.78, 5) is 0. The van der Waals surface area contributed by atoms with E-state index in [0.29, 0.717) is 4.47 Å². The van der Waals surface area contributed by atoms with Crippen molar-refractivity contribution in [1.82, 2.24) is 0 Å². The van der Waals surface area contributed by atoms with Crippen molar-refractivity contribution in [2.75, 3.05) is 12.4 Å². The number of hydrogen-bond acceptors (Lipinski definition) is 3. The molecule has 0 heterocycles. The number of benzene rings is 1. The van der Waals surface area contributed by atoms with Gasteiger partial charge in [-0.25, -0.2) is 17.9 Å². The molecule has 1 unspecified atom stereocenters. The average Bonchev–Trinajstić information content (AvgIpc) is 2.23. The minimum Gasteiger partial charge on any atom is -0.490 e. The molecular weight excluding hydrogens is 349 g/mol. The molecule has 4 nitrogen and oxygen atoms in total. The molecule has 0 aliphatic rings. The second kappa shape index (κ2) is 6.41. The Hall–Kier alpha value is -0.660. The second-order valence-electron chi connectivity index (χ2n) is 5.78. The number of ether oxygens (including phenoxy) is 1. The first-order valence-corrected chi connectivity index (χ1v) is 8.58. The van der Waals surface area contributed by atoms with Crippen LogP contribution in [0.1, 0.15) is 20.8 Å². The van der Waals surface area contributed by atoms with E-state index < -0.39 is 15.8 Å². The third-order valence-electron chi connectivity index (χ3n) is 2.99. The maximum atomic E-state index is 13.6. The fourth-order valence-electron chi connectivity index (χ4n) is 1.61. The number of nitrogens with two attached hydrogens (primary N) is 1. The maximum absolute atomic E-state index is 13.6. The third-order valence-corrected chi connectivity index (χ3v) is 4.35. The Morgan fingerprint density at radius 3 is 2.45 bits per heavy atom. The van der Waals surface area contributed by atoms with E-state index in [9.17, 15) is 12.8 Å². The normalized spacial score (nSPS) is 14.1. The zero-order valence-electron chi connectivity index (χ0n) is 11.7. The van der Waals surface area contributed by atoms with E-state index in [0.717, 1.165) is 0 Å². The van der Waals surface area contributed by atoms with Gasteiger partial charge in [0.05, 0.1) is 12.4 Å². The van der Waals surface area contributed by atoms with Crippen LogP contribution < -0.4 is 9.88 Å². The molecule has 7 heteroatoms. The van der Waals surface area contributed by atoms with E-state index in [2.05, 4.69) is 15.9 Å². The molecule has 0 spiro atoms. The van der Waals surface area contributed by atoms with Crippen LogP contribution in [-0.4, -0.2) is 20.8 Å². The molecule has 1 aromatic carbocycles. The summed E-state index contributed by atoms with van der Waals surface area (Å²) in [6.07, 6.45) is 0. The first kappa shape index (κ1) is 17.4. The lowest BCUT2D eigenvalue weighted by Gasteiger charge is -2.29. The molecule has 0 aliphatic heterocycles. The number of primary sulfonamides is 1. The highest BCUT2D eigenvalue weighted by atomic mass is 79.9. The van der Waals surface area contributed by atoms with Crippen molar-refractivity contribution in [1.29, 1.82) is 0 Å². The fourth-order valence-corrected chi connectivity index (χ4v) is 3.10. The quantitative estimate of drug-likeness (QED) is 0.869. The van der Waals surface area contributed by atoms with E-state index in [4.69, 9.17) is 9.88 Å². The van der Waals surface area contributed by atoms with Crippen LogP contribution in [0.2, 0.25) is 0 Å². The van der Waals surface area contributed by atoms with Crippen molar-refractivity contribution in [3.05, 3.63) is 28.5 Å². The van der Waals surface area contributed by atoms with Gasteiger partial charge in [-0.1, -0.05) is 36.7 Å². The number of halogens is 2. The van der Waals surface area contributed by atoms with Gasteiger partial charge in [0.2, 0.25) is 10.0 Å². The zero-order valence-corrected chi connectivity index (χ0v) is 14.1. The highest BCUT2D eigenvalue weighted by Crippen LogP contribution is 2.29. The van der Waals surface area contributed by atoms with Gasteiger partial charge in [-0.3, -0.25) is 0 Å². The van der Waals surface area contributed by atoms with Crippen LogP contribution in [0.3, 0.4) is 0 Å². The summed E-state index contributed by atoms with van der Waals surface area (Å²) in [5.74, 6) is -0.936. The molecule has 1 aromatic rings. The largest absolute Gasteiger partial charge is 0.490 e. The summed E-state index contributed by atoms with van der Waals surface area (Å²) in [6.45, 7) is 5.76. The van der Waals surface area contributed by atoms with Crippen LogP contribution in [0.4, 0.5) is 4.39 Å². The maximum Gasteiger partial charge on any atom is 0.209 e. The third kappa shape index (κ3) is 5.76. The molecule has 0 bridgehead atoms. The van der Waals surface area contributed by atoms with Gasteiger partial charge in [0, 0.05) is 10.4 Å². The number of sulfonamides is 1. The van der Waals surface area contributed by atoms with Crippen molar-refractivity contribution < 1.29 is 17.5 Å². The molecule has 0 fully saturated rings. The Kier molecular flexibility index (Phi) is 5.57. The predicted octanol–water partition coefficient (Wildman–Crippen LogP) is 2.92. The first-order valence-electron chi connectivity index (χ1n) is 6.07. The van der Waals surface area contributed by atoms with Gasteiger partial charge in [0.25, 0.3) is 0 Å². The van der Waals surface area contributed by atoms with Crippen LogP contribution in [0.5, 0.6) is 5.75 Å². The molecule has 1 atom stereocenters. The molecule has 0 radical (unpaired) electrons. The van der Waals surface area contributed by atoms with Gasteiger partial charge in [0.1, 0.15) is 0 Å². The molecule has 1 rings (SSSR count). The molecule has 0 aliphatic carbocycles. The van der Waals surface area contributed by atoms with Crippen molar-refractivity contribution in [3.8, 4) is 5.75 Å². The summed E-state index contributed by atoms with van der Waals surface area (Å²) >= 11 is 3.16. The van der Waals surface area contributed by atoms with Crippen LogP contribution in [-0.2, 0) is 10.0 Å². The summed E-state index contributed by atoms with van der Waals surface area (Å²) in [7, 11) is -3.61. The van der Waals surface area contributed by atoms with Crippen molar-refractivity contribution in [3.63, 3.8) is 0 Å². The van der Waals surface area contributed by atoms with Crippen LogP contribution in [0.25, 0.3) is 0 Å². The van der Waals surface area contributed by atoms with Crippen LogP contribution >= 0.6 is 15.9 Å². The van der Waals surface area contributed by atoms with E-state index in [1.54, 1.807) is 6.07 Å². The highest BCUT2D eigenvalue weighted by molar-refractivity contribution is 9.10. The molecule has 0 amide bonds. The van der Waals surface area contributed by atoms with Gasteiger partial charge < -0.3 is 4.74 Å². The predicted molar refractivity (Wildman–Crippen MR) is 80.5 cm³/mol. The molecule has 114 valence electrons. The number of hydrogen-bond donors (Lipinski definition) is 1. The lowest BCUT2D eigenvalue weighted by molar-refractivity contribution is 0.159. The summed E-state index contributed by atoms with van der Waals surface area (Å²) in [5.41, 5.74) is -0.321. The van der Waals surface area contributed by atoms with Crippen LogP contribution in [0, 0.1) is 17.2 Å². The van der Waals surface area contributed by atoms with Crippen molar-refractivity contribution >= 4 is 26.0 Å². The Morgan fingerprint density at radius 2 is 2.00 bits per heavy atom. The summed E-state index contributed by atoms with van der Waals surface area (Å²) in [5, 5.41) is 5.09. The van der Waals surface area contributed by atoms with Gasteiger partial charge >= 0.3 is 0 Å². The zero-order chi connectivity index (χ0) is 15.6. The van der Waals surface area contributed by atoms with Crippen LogP contribution in [0.15, 0.2) is 22.7 Å². The minimum atomic E-state index is -3.61. The summed E-state index contributed by atoms with van der Waals surface area (Å²) < 4.78 is 42.2. The fraction of sp³-hybridized carbons (Fsp3) is 0.538. The van der Waals surface area contributed by atoms with E-state index in [1.165, 1.54) is 12.1 Å². The Labute approximate surface area is 127 Å². The highest BCUT2D eigenvalue weighted by Gasteiger charge is 2.29. The molecular formula is C13H19BrFNO3S. The molecule has 0 saturated heterocycles. The summed E-state index contributed by atoms with van der Waals surface area (Å²) in [6, 6.07) is 4.45. The van der Waals surface area contributed by atoms with E-state index in [-0.39, 0.29) is 29.4 Å².